The van der Waals surface area contributed by atoms with Gasteiger partial charge in [0.05, 0.1) is 13.2 Å². The monoisotopic (exact) mass is 236 g/mol. The van der Waals surface area contributed by atoms with Crippen LogP contribution in [0.3, 0.4) is 0 Å². The fourth-order valence-electron chi connectivity index (χ4n) is 0.580. The molecule has 0 radical (unpaired) electrons. The fraction of sp³-hybridized carbons (Fsp3) is 0.800. The van der Waals surface area contributed by atoms with Crippen LogP contribution in [-0.4, -0.2) is 50.1 Å². The number of aliphatic hydroxyl groups is 1. The number of carbonyl (C=O) groups is 2. The molecule has 0 aromatic carbocycles. The SMILES string of the molecule is CC(=O)OCCOC(C)=O.CCOCCO. The molecular formula is C10H20O6. The first-order chi connectivity index (χ1) is 7.54. The van der Waals surface area contributed by atoms with Crippen molar-refractivity contribution in [3.05, 3.63) is 0 Å². The zero-order chi connectivity index (χ0) is 12.8. The summed E-state index contributed by atoms with van der Waals surface area (Å²) in [5.41, 5.74) is 0. The summed E-state index contributed by atoms with van der Waals surface area (Å²) in [6.07, 6.45) is 0. The third-order valence-corrected chi connectivity index (χ3v) is 1.13. The molecule has 0 aromatic heterocycles. The van der Waals surface area contributed by atoms with E-state index in [1.165, 1.54) is 13.8 Å². The van der Waals surface area contributed by atoms with Crippen molar-refractivity contribution in [2.24, 2.45) is 0 Å². The Morgan fingerprint density at radius 2 is 1.44 bits per heavy atom. The molecule has 6 heteroatoms. The maximum absolute atomic E-state index is 10.1. The predicted molar refractivity (Wildman–Crippen MR) is 56.8 cm³/mol. The molecule has 0 aliphatic heterocycles. The first kappa shape index (κ1) is 17.3. The third kappa shape index (κ3) is 23.0. The van der Waals surface area contributed by atoms with Gasteiger partial charge >= 0.3 is 11.9 Å². The normalized spacial score (nSPS) is 8.75. The van der Waals surface area contributed by atoms with E-state index in [4.69, 9.17) is 9.84 Å². The van der Waals surface area contributed by atoms with Crippen LogP contribution in [-0.2, 0) is 23.8 Å². The lowest BCUT2D eigenvalue weighted by atomic mass is 10.7. The first-order valence-corrected chi connectivity index (χ1v) is 4.99. The molecule has 0 heterocycles. The summed E-state index contributed by atoms with van der Waals surface area (Å²) < 4.78 is 13.7. The second-order valence-electron chi connectivity index (χ2n) is 2.60. The van der Waals surface area contributed by atoms with Gasteiger partial charge in [-0.2, -0.15) is 0 Å². The Kier molecular flexibility index (Phi) is 15.0. The van der Waals surface area contributed by atoms with Crippen LogP contribution < -0.4 is 0 Å². The van der Waals surface area contributed by atoms with E-state index >= 15 is 0 Å². The number of ether oxygens (including phenoxy) is 3. The summed E-state index contributed by atoms with van der Waals surface area (Å²) in [5, 5.41) is 8.07. The number of hydrogen-bond donors (Lipinski definition) is 1. The minimum atomic E-state index is -0.368. The molecule has 0 aromatic rings. The molecule has 1 N–H and O–H groups in total. The van der Waals surface area contributed by atoms with E-state index in [9.17, 15) is 9.59 Å². The summed E-state index contributed by atoms with van der Waals surface area (Å²) >= 11 is 0. The van der Waals surface area contributed by atoms with Crippen molar-refractivity contribution in [3.63, 3.8) is 0 Å². The van der Waals surface area contributed by atoms with Crippen LogP contribution in [0.4, 0.5) is 0 Å². The first-order valence-electron chi connectivity index (χ1n) is 4.99. The largest absolute Gasteiger partial charge is 0.462 e. The molecule has 0 spiro atoms. The number of carbonyl (C=O) groups excluding carboxylic acids is 2. The molecule has 0 bridgehead atoms. The van der Waals surface area contributed by atoms with Gasteiger partial charge in [-0.1, -0.05) is 0 Å². The van der Waals surface area contributed by atoms with E-state index in [2.05, 4.69) is 9.47 Å². The summed E-state index contributed by atoms with van der Waals surface area (Å²) in [4.78, 5) is 20.3. The molecular weight excluding hydrogens is 216 g/mol. The van der Waals surface area contributed by atoms with Crippen LogP contribution >= 0.6 is 0 Å². The Labute approximate surface area is 95.5 Å². The number of esters is 2. The predicted octanol–water partition coefficient (Wildman–Crippen LogP) is 0.128. The van der Waals surface area contributed by atoms with Gasteiger partial charge in [-0.15, -0.1) is 0 Å². The number of hydrogen-bond acceptors (Lipinski definition) is 6. The van der Waals surface area contributed by atoms with Gasteiger partial charge in [-0.3, -0.25) is 9.59 Å². The molecule has 0 fully saturated rings. The van der Waals surface area contributed by atoms with Gasteiger partial charge in [-0.25, -0.2) is 0 Å². The van der Waals surface area contributed by atoms with E-state index in [-0.39, 0.29) is 31.8 Å². The van der Waals surface area contributed by atoms with E-state index in [0.29, 0.717) is 13.2 Å². The van der Waals surface area contributed by atoms with Gasteiger partial charge in [0.15, 0.2) is 0 Å². The highest BCUT2D eigenvalue weighted by atomic mass is 16.6. The molecule has 0 aliphatic carbocycles. The smallest absolute Gasteiger partial charge is 0.302 e. The van der Waals surface area contributed by atoms with Crippen LogP contribution in [0.25, 0.3) is 0 Å². The second kappa shape index (κ2) is 13.9. The molecule has 0 unspecified atom stereocenters. The van der Waals surface area contributed by atoms with Crippen molar-refractivity contribution in [3.8, 4) is 0 Å². The van der Waals surface area contributed by atoms with Gasteiger partial charge in [0, 0.05) is 20.5 Å². The molecule has 0 atom stereocenters. The lowest BCUT2D eigenvalue weighted by Crippen LogP contribution is -2.09. The van der Waals surface area contributed by atoms with Crippen LogP contribution in [0, 0.1) is 0 Å². The van der Waals surface area contributed by atoms with E-state index in [1.54, 1.807) is 0 Å². The summed E-state index contributed by atoms with van der Waals surface area (Å²) in [6.45, 7) is 6.06. The van der Waals surface area contributed by atoms with E-state index in [0.717, 1.165) is 0 Å². The zero-order valence-corrected chi connectivity index (χ0v) is 10.0. The lowest BCUT2D eigenvalue weighted by Gasteiger charge is -2.00. The molecule has 16 heavy (non-hydrogen) atoms. The molecule has 6 nitrogen and oxygen atoms in total. The molecule has 0 saturated carbocycles. The van der Waals surface area contributed by atoms with Crippen LogP contribution in [0.2, 0.25) is 0 Å². The summed E-state index contributed by atoms with van der Waals surface area (Å²) in [5.74, 6) is -0.737. The molecule has 0 amide bonds. The van der Waals surface area contributed by atoms with Crippen LogP contribution in [0.15, 0.2) is 0 Å². The Hall–Kier alpha value is -1.14. The highest BCUT2D eigenvalue weighted by molar-refractivity contribution is 5.66. The van der Waals surface area contributed by atoms with Gasteiger partial charge in [-0.05, 0) is 6.92 Å². The van der Waals surface area contributed by atoms with Crippen molar-refractivity contribution in [2.45, 2.75) is 20.8 Å². The Morgan fingerprint density at radius 1 is 1.00 bits per heavy atom. The quantitative estimate of drug-likeness (QED) is 0.521. The highest BCUT2D eigenvalue weighted by Crippen LogP contribution is 1.79. The minimum absolute atomic E-state index is 0.133. The van der Waals surface area contributed by atoms with Crippen molar-refractivity contribution >= 4 is 11.9 Å². The minimum Gasteiger partial charge on any atom is -0.462 e. The summed E-state index contributed by atoms with van der Waals surface area (Å²) in [7, 11) is 0. The topological polar surface area (TPSA) is 82.1 Å². The van der Waals surface area contributed by atoms with Crippen molar-refractivity contribution in [1.29, 1.82) is 0 Å². The summed E-state index contributed by atoms with van der Waals surface area (Å²) in [6, 6.07) is 0. The maximum atomic E-state index is 10.1. The van der Waals surface area contributed by atoms with Crippen molar-refractivity contribution < 1.29 is 28.9 Å². The molecule has 0 saturated heterocycles. The Bertz CT molecular complexity index is 160. The van der Waals surface area contributed by atoms with Crippen molar-refractivity contribution in [1.82, 2.24) is 0 Å². The standard InChI is InChI=1S/C6H10O4.C4H10O2/c1-5(7)9-3-4-10-6(2)8;1-2-6-4-3-5/h3-4H2,1-2H3;5H,2-4H2,1H3. The lowest BCUT2D eigenvalue weighted by molar-refractivity contribution is -0.149. The molecule has 0 aliphatic rings. The molecule has 0 rings (SSSR count). The van der Waals surface area contributed by atoms with Gasteiger partial charge in [0.1, 0.15) is 13.2 Å². The number of rotatable bonds is 6. The van der Waals surface area contributed by atoms with Crippen LogP contribution in [0.5, 0.6) is 0 Å². The maximum Gasteiger partial charge on any atom is 0.302 e. The average Bonchev–Trinajstić information content (AvgIpc) is 2.22. The Balaban J connectivity index is 0. The molecule has 96 valence electrons. The zero-order valence-electron chi connectivity index (χ0n) is 10.0. The third-order valence-electron chi connectivity index (χ3n) is 1.13. The van der Waals surface area contributed by atoms with Crippen LogP contribution in [0.1, 0.15) is 20.8 Å². The second-order valence-corrected chi connectivity index (χ2v) is 2.60. The van der Waals surface area contributed by atoms with Gasteiger partial charge < -0.3 is 19.3 Å². The van der Waals surface area contributed by atoms with Crippen molar-refractivity contribution in [2.75, 3.05) is 33.0 Å². The van der Waals surface area contributed by atoms with Gasteiger partial charge in [0.25, 0.3) is 0 Å². The number of aliphatic hydroxyl groups excluding tert-OH is 1. The van der Waals surface area contributed by atoms with E-state index in [1.807, 2.05) is 6.92 Å². The van der Waals surface area contributed by atoms with E-state index < -0.39 is 0 Å². The fourth-order valence-corrected chi connectivity index (χ4v) is 0.580. The highest BCUT2D eigenvalue weighted by Gasteiger charge is 1.94. The Morgan fingerprint density at radius 3 is 1.62 bits per heavy atom. The van der Waals surface area contributed by atoms with Gasteiger partial charge in [0.2, 0.25) is 0 Å². The average molecular weight is 236 g/mol.